The van der Waals surface area contributed by atoms with Crippen LogP contribution in [0.15, 0.2) is 176 Å². The van der Waals surface area contributed by atoms with Crippen LogP contribution in [-0.2, 0) is 5.41 Å². The molecule has 8 rings (SSSR count). The van der Waals surface area contributed by atoms with E-state index in [1.54, 1.807) is 0 Å². The Balaban J connectivity index is 1.64. The van der Waals surface area contributed by atoms with Gasteiger partial charge in [0, 0.05) is 5.92 Å². The largest absolute Gasteiger partial charge is 0.0622 e. The second kappa shape index (κ2) is 10.0. The van der Waals surface area contributed by atoms with Crippen molar-refractivity contribution < 1.29 is 0 Å². The maximum absolute atomic E-state index is 2.36. The van der Waals surface area contributed by atoms with Gasteiger partial charge in [0.05, 0.1) is 5.41 Å². The molecular formula is C42H30. The summed E-state index contributed by atoms with van der Waals surface area (Å²) in [6.07, 6.45) is 0. The summed E-state index contributed by atoms with van der Waals surface area (Å²) in [6.45, 7) is 0. The first-order valence-electron chi connectivity index (χ1n) is 14.7. The molecule has 6 aromatic carbocycles. The van der Waals surface area contributed by atoms with Gasteiger partial charge in [-0.05, 0) is 61.2 Å². The molecular weight excluding hydrogens is 504 g/mol. The van der Waals surface area contributed by atoms with Gasteiger partial charge < -0.3 is 0 Å². The molecule has 0 N–H and O–H groups in total. The third-order valence-electron chi connectivity index (χ3n) is 9.06. The molecule has 0 fully saturated rings. The molecule has 0 heteroatoms. The molecule has 0 nitrogen and oxygen atoms in total. The lowest BCUT2D eigenvalue weighted by atomic mass is 9.61. The van der Waals surface area contributed by atoms with E-state index >= 15 is 0 Å². The quantitative estimate of drug-likeness (QED) is 0.206. The van der Waals surface area contributed by atoms with Gasteiger partial charge in [0.1, 0.15) is 0 Å². The van der Waals surface area contributed by atoms with Crippen LogP contribution in [0.4, 0.5) is 0 Å². The van der Waals surface area contributed by atoms with Gasteiger partial charge in [0.25, 0.3) is 0 Å². The van der Waals surface area contributed by atoms with Crippen LogP contribution in [0, 0.1) is 0 Å². The Labute approximate surface area is 248 Å². The van der Waals surface area contributed by atoms with Crippen molar-refractivity contribution in [3.8, 4) is 0 Å². The molecule has 0 bridgehead atoms. The molecule has 2 atom stereocenters. The van der Waals surface area contributed by atoms with Crippen molar-refractivity contribution in [2.75, 3.05) is 0 Å². The third-order valence-corrected chi connectivity index (χ3v) is 9.06. The second-order valence-electron chi connectivity index (χ2n) is 11.2. The topological polar surface area (TPSA) is 0 Å². The maximum atomic E-state index is 2.36. The van der Waals surface area contributed by atoms with Crippen molar-refractivity contribution in [2.24, 2.45) is 0 Å². The lowest BCUT2D eigenvalue weighted by Crippen LogP contribution is -2.31. The SMILES string of the molecule is c1ccc(C2=C(c3ccccc3)[C@@]3(c4ccccc4)C(=C2c2ccccc2)c2ccccc2[C@H]3c2ccccc2)cc1. The number of rotatable bonds is 5. The highest BCUT2D eigenvalue weighted by atomic mass is 14.6. The van der Waals surface area contributed by atoms with Gasteiger partial charge in [-0.1, -0.05) is 176 Å². The van der Waals surface area contributed by atoms with Gasteiger partial charge in [0.15, 0.2) is 0 Å². The van der Waals surface area contributed by atoms with Crippen LogP contribution in [0.5, 0.6) is 0 Å². The van der Waals surface area contributed by atoms with E-state index < -0.39 is 5.41 Å². The minimum Gasteiger partial charge on any atom is -0.0622 e. The Hall–Kier alpha value is -5.20. The average Bonchev–Trinajstić information content (AvgIpc) is 3.55. The summed E-state index contributed by atoms with van der Waals surface area (Å²) >= 11 is 0. The van der Waals surface area contributed by atoms with Crippen LogP contribution < -0.4 is 0 Å². The fourth-order valence-electron chi connectivity index (χ4n) is 7.61. The van der Waals surface area contributed by atoms with Crippen LogP contribution in [0.1, 0.15) is 44.9 Å². The van der Waals surface area contributed by atoms with Crippen molar-refractivity contribution in [3.63, 3.8) is 0 Å². The molecule has 42 heavy (non-hydrogen) atoms. The molecule has 198 valence electrons. The monoisotopic (exact) mass is 534 g/mol. The van der Waals surface area contributed by atoms with Gasteiger partial charge in [0.2, 0.25) is 0 Å². The van der Waals surface area contributed by atoms with E-state index in [2.05, 4.69) is 176 Å². The molecule has 2 aliphatic carbocycles. The summed E-state index contributed by atoms with van der Waals surface area (Å²) in [4.78, 5) is 0. The summed E-state index contributed by atoms with van der Waals surface area (Å²) in [5.74, 6) is 0.0995. The zero-order chi connectivity index (χ0) is 27.9. The van der Waals surface area contributed by atoms with Crippen molar-refractivity contribution >= 4 is 22.3 Å². The summed E-state index contributed by atoms with van der Waals surface area (Å²) in [5.41, 5.74) is 14.1. The van der Waals surface area contributed by atoms with Crippen molar-refractivity contribution in [1.82, 2.24) is 0 Å². The fourth-order valence-corrected chi connectivity index (χ4v) is 7.61. The van der Waals surface area contributed by atoms with Crippen LogP contribution in [0.3, 0.4) is 0 Å². The summed E-state index contributed by atoms with van der Waals surface area (Å²) in [6, 6.07) is 64.7. The fraction of sp³-hybridized carbons (Fsp3) is 0.0476. The van der Waals surface area contributed by atoms with Crippen molar-refractivity contribution in [2.45, 2.75) is 11.3 Å². The van der Waals surface area contributed by atoms with Gasteiger partial charge >= 0.3 is 0 Å². The number of hydrogen-bond donors (Lipinski definition) is 0. The van der Waals surface area contributed by atoms with Crippen molar-refractivity contribution in [1.29, 1.82) is 0 Å². The predicted molar refractivity (Wildman–Crippen MR) is 176 cm³/mol. The predicted octanol–water partition coefficient (Wildman–Crippen LogP) is 10.3. The van der Waals surface area contributed by atoms with E-state index in [1.807, 2.05) is 0 Å². The molecule has 0 unspecified atom stereocenters. The molecule has 0 heterocycles. The number of hydrogen-bond acceptors (Lipinski definition) is 0. The average molecular weight is 535 g/mol. The molecule has 0 spiro atoms. The van der Waals surface area contributed by atoms with Crippen LogP contribution in [0.2, 0.25) is 0 Å². The normalized spacial score (nSPS) is 19.1. The van der Waals surface area contributed by atoms with Crippen LogP contribution in [0.25, 0.3) is 22.3 Å². The molecule has 0 radical (unpaired) electrons. The Kier molecular flexibility index (Phi) is 5.86. The minimum atomic E-state index is -0.440. The standard InChI is InChI=1S/C42H30/c1-6-18-30(19-7-1)37-38(31-20-8-2-9-21-31)41-36-29-17-16-28-35(36)39(32-22-10-3-11-23-32)42(41,34-26-14-5-15-27-34)40(37)33-24-12-4-13-25-33/h1-29,39H/t39-,42+/m1/s1. The first-order chi connectivity index (χ1) is 20.9. The zero-order valence-electron chi connectivity index (χ0n) is 23.3. The molecule has 0 saturated heterocycles. The van der Waals surface area contributed by atoms with E-state index in [0.29, 0.717) is 0 Å². The highest BCUT2D eigenvalue weighted by Crippen LogP contribution is 2.72. The van der Waals surface area contributed by atoms with E-state index in [4.69, 9.17) is 0 Å². The summed E-state index contributed by atoms with van der Waals surface area (Å²) in [5, 5.41) is 0. The minimum absolute atomic E-state index is 0.0995. The lowest BCUT2D eigenvalue weighted by molar-refractivity contribution is 0.646. The highest BCUT2D eigenvalue weighted by molar-refractivity contribution is 6.33. The first-order valence-corrected chi connectivity index (χ1v) is 14.7. The molecule has 0 amide bonds. The Morgan fingerprint density at radius 1 is 0.357 bits per heavy atom. The number of fused-ring (bicyclic) bond motifs is 3. The van der Waals surface area contributed by atoms with Gasteiger partial charge in [-0.15, -0.1) is 0 Å². The Morgan fingerprint density at radius 2 is 0.786 bits per heavy atom. The molecule has 0 saturated carbocycles. The van der Waals surface area contributed by atoms with Gasteiger partial charge in [-0.25, -0.2) is 0 Å². The smallest absolute Gasteiger partial charge is 0.0584 e. The summed E-state index contributed by atoms with van der Waals surface area (Å²) in [7, 11) is 0. The van der Waals surface area contributed by atoms with E-state index in [1.165, 1.54) is 61.2 Å². The van der Waals surface area contributed by atoms with Crippen molar-refractivity contribution in [3.05, 3.63) is 215 Å². The van der Waals surface area contributed by atoms with Crippen LogP contribution >= 0.6 is 0 Å². The van der Waals surface area contributed by atoms with Crippen LogP contribution in [-0.4, -0.2) is 0 Å². The maximum Gasteiger partial charge on any atom is 0.0584 e. The molecule has 0 aliphatic heterocycles. The number of benzene rings is 6. The van der Waals surface area contributed by atoms with E-state index in [9.17, 15) is 0 Å². The first kappa shape index (κ1) is 24.6. The number of allylic oxidation sites excluding steroid dienone is 4. The third kappa shape index (κ3) is 3.55. The zero-order valence-corrected chi connectivity index (χ0v) is 23.3. The van der Waals surface area contributed by atoms with Gasteiger partial charge in [-0.2, -0.15) is 0 Å². The summed E-state index contributed by atoms with van der Waals surface area (Å²) < 4.78 is 0. The van der Waals surface area contributed by atoms with E-state index in [0.717, 1.165) is 0 Å². The Bertz CT molecular complexity index is 1890. The Morgan fingerprint density at radius 3 is 1.36 bits per heavy atom. The van der Waals surface area contributed by atoms with E-state index in [-0.39, 0.29) is 5.92 Å². The molecule has 2 aliphatic rings. The molecule has 6 aromatic rings. The second-order valence-corrected chi connectivity index (χ2v) is 11.2. The highest BCUT2D eigenvalue weighted by Gasteiger charge is 2.59. The molecule has 0 aromatic heterocycles. The van der Waals surface area contributed by atoms with Gasteiger partial charge in [-0.3, -0.25) is 0 Å². The lowest BCUT2D eigenvalue weighted by Gasteiger charge is -2.39.